The molecule has 0 aliphatic carbocycles. The summed E-state index contributed by atoms with van der Waals surface area (Å²) in [7, 11) is 1.47. The molecule has 0 fully saturated rings. The van der Waals surface area contributed by atoms with Crippen molar-refractivity contribution in [2.75, 3.05) is 12.4 Å². The summed E-state index contributed by atoms with van der Waals surface area (Å²) >= 11 is 0. The van der Waals surface area contributed by atoms with E-state index in [1.54, 1.807) is 36.4 Å². The Balaban J connectivity index is 1.75. The van der Waals surface area contributed by atoms with E-state index in [4.69, 9.17) is 9.47 Å². The standard InChI is InChI=1S/C19H19F3N2O3/c1-26-13-7-8-15-14(9-13)16(10-17(23-15)19(20,21)22)24-18(25)27-11-12-5-3-2-4-6-12/h2-9,16-17,23H,10-11H2,1H3,(H,24,25). The van der Waals surface area contributed by atoms with Crippen molar-refractivity contribution in [1.82, 2.24) is 5.32 Å². The highest BCUT2D eigenvalue weighted by Gasteiger charge is 2.44. The Morgan fingerprint density at radius 1 is 1.22 bits per heavy atom. The van der Waals surface area contributed by atoms with Gasteiger partial charge in [-0.05, 0) is 23.8 Å². The van der Waals surface area contributed by atoms with E-state index in [1.165, 1.54) is 13.2 Å². The molecule has 0 aromatic heterocycles. The van der Waals surface area contributed by atoms with Crippen LogP contribution in [-0.2, 0) is 11.3 Å². The summed E-state index contributed by atoms with van der Waals surface area (Å²) in [6.07, 6.45) is -5.56. The van der Waals surface area contributed by atoms with Crippen LogP contribution in [-0.4, -0.2) is 25.4 Å². The van der Waals surface area contributed by atoms with Crippen LogP contribution >= 0.6 is 0 Å². The first-order valence-corrected chi connectivity index (χ1v) is 8.35. The number of benzene rings is 2. The minimum absolute atomic E-state index is 0.0330. The summed E-state index contributed by atoms with van der Waals surface area (Å²) in [6.45, 7) is 0.0330. The number of hydrogen-bond acceptors (Lipinski definition) is 4. The molecule has 0 saturated carbocycles. The second-order valence-electron chi connectivity index (χ2n) is 6.19. The molecular formula is C19H19F3N2O3. The fraction of sp³-hybridized carbons (Fsp3) is 0.316. The fourth-order valence-corrected chi connectivity index (χ4v) is 2.96. The number of fused-ring (bicyclic) bond motifs is 1. The van der Waals surface area contributed by atoms with Crippen LogP contribution in [0.25, 0.3) is 0 Å². The van der Waals surface area contributed by atoms with Crippen LogP contribution in [0.5, 0.6) is 5.75 Å². The number of halogens is 3. The van der Waals surface area contributed by atoms with E-state index in [0.29, 0.717) is 17.0 Å². The minimum atomic E-state index is -4.44. The molecule has 2 atom stereocenters. The predicted molar refractivity (Wildman–Crippen MR) is 93.6 cm³/mol. The van der Waals surface area contributed by atoms with Crippen molar-refractivity contribution in [2.24, 2.45) is 0 Å². The molecule has 27 heavy (non-hydrogen) atoms. The number of rotatable bonds is 4. The number of amides is 1. The zero-order valence-electron chi connectivity index (χ0n) is 14.5. The van der Waals surface area contributed by atoms with E-state index in [-0.39, 0.29) is 13.0 Å². The molecule has 0 spiro atoms. The topological polar surface area (TPSA) is 59.6 Å². The average Bonchev–Trinajstić information content (AvgIpc) is 2.66. The molecule has 1 aliphatic rings. The summed E-state index contributed by atoms with van der Waals surface area (Å²) in [5.74, 6) is 0.491. The van der Waals surface area contributed by atoms with Gasteiger partial charge in [0.1, 0.15) is 18.4 Å². The summed E-state index contributed by atoms with van der Waals surface area (Å²) in [4.78, 5) is 12.1. The molecule has 1 aliphatic heterocycles. The Kier molecular flexibility index (Phi) is 5.43. The molecule has 0 saturated heterocycles. The zero-order valence-corrected chi connectivity index (χ0v) is 14.5. The Morgan fingerprint density at radius 3 is 2.63 bits per heavy atom. The molecule has 8 heteroatoms. The van der Waals surface area contributed by atoms with Crippen molar-refractivity contribution in [1.29, 1.82) is 0 Å². The molecule has 5 nitrogen and oxygen atoms in total. The minimum Gasteiger partial charge on any atom is -0.497 e. The van der Waals surface area contributed by atoms with E-state index in [0.717, 1.165) is 5.56 Å². The van der Waals surface area contributed by atoms with Crippen molar-refractivity contribution in [3.8, 4) is 5.75 Å². The van der Waals surface area contributed by atoms with Gasteiger partial charge in [0.15, 0.2) is 0 Å². The molecule has 144 valence electrons. The highest BCUT2D eigenvalue weighted by Crippen LogP contribution is 2.40. The van der Waals surface area contributed by atoms with Crippen LogP contribution in [0, 0.1) is 0 Å². The van der Waals surface area contributed by atoms with Gasteiger partial charge in [-0.25, -0.2) is 4.79 Å². The molecule has 1 heterocycles. The maximum absolute atomic E-state index is 13.2. The lowest BCUT2D eigenvalue weighted by Crippen LogP contribution is -2.44. The van der Waals surface area contributed by atoms with Crippen LogP contribution in [0.2, 0.25) is 0 Å². The van der Waals surface area contributed by atoms with Crippen molar-refractivity contribution >= 4 is 11.8 Å². The van der Waals surface area contributed by atoms with Crippen molar-refractivity contribution in [2.45, 2.75) is 31.3 Å². The van der Waals surface area contributed by atoms with Gasteiger partial charge in [-0.1, -0.05) is 30.3 Å². The second-order valence-corrected chi connectivity index (χ2v) is 6.19. The second kappa shape index (κ2) is 7.77. The van der Waals surface area contributed by atoms with E-state index in [2.05, 4.69) is 10.6 Å². The third-order valence-corrected chi connectivity index (χ3v) is 4.34. The van der Waals surface area contributed by atoms with E-state index in [1.807, 2.05) is 6.07 Å². The first-order chi connectivity index (χ1) is 12.9. The van der Waals surface area contributed by atoms with Gasteiger partial charge in [-0.15, -0.1) is 0 Å². The number of carbonyl (C=O) groups is 1. The van der Waals surface area contributed by atoms with E-state index < -0.39 is 24.4 Å². The Bertz CT molecular complexity index is 797. The summed E-state index contributed by atoms with van der Waals surface area (Å²) in [6, 6.07) is 11.1. The lowest BCUT2D eigenvalue weighted by Gasteiger charge is -2.34. The zero-order chi connectivity index (χ0) is 19.4. The van der Waals surface area contributed by atoms with Gasteiger partial charge in [-0.2, -0.15) is 13.2 Å². The molecule has 3 rings (SSSR count). The number of alkyl carbamates (subject to hydrolysis) is 1. The average molecular weight is 380 g/mol. The third-order valence-electron chi connectivity index (χ3n) is 4.34. The maximum Gasteiger partial charge on any atom is 0.408 e. The molecule has 2 aromatic rings. The quantitative estimate of drug-likeness (QED) is 0.825. The predicted octanol–water partition coefficient (Wildman–Crippen LogP) is 4.41. The van der Waals surface area contributed by atoms with Crippen LogP contribution in [0.4, 0.5) is 23.7 Å². The smallest absolute Gasteiger partial charge is 0.408 e. The van der Waals surface area contributed by atoms with Crippen molar-refractivity contribution in [3.63, 3.8) is 0 Å². The molecule has 0 radical (unpaired) electrons. The lowest BCUT2D eigenvalue weighted by molar-refractivity contribution is -0.145. The highest BCUT2D eigenvalue weighted by molar-refractivity contribution is 5.69. The Labute approximate surface area is 154 Å². The van der Waals surface area contributed by atoms with Crippen LogP contribution in [0.1, 0.15) is 23.6 Å². The van der Waals surface area contributed by atoms with Crippen molar-refractivity contribution in [3.05, 3.63) is 59.7 Å². The van der Waals surface area contributed by atoms with Gasteiger partial charge in [0.2, 0.25) is 0 Å². The Morgan fingerprint density at radius 2 is 1.96 bits per heavy atom. The fourth-order valence-electron chi connectivity index (χ4n) is 2.96. The number of anilines is 1. The molecule has 2 aromatic carbocycles. The van der Waals surface area contributed by atoms with Gasteiger partial charge in [0.25, 0.3) is 0 Å². The molecule has 1 amide bonds. The van der Waals surface area contributed by atoms with Crippen LogP contribution in [0.15, 0.2) is 48.5 Å². The Hall–Kier alpha value is -2.90. The number of hydrogen-bond donors (Lipinski definition) is 2. The maximum atomic E-state index is 13.2. The lowest BCUT2D eigenvalue weighted by atomic mass is 9.92. The van der Waals surface area contributed by atoms with Crippen LogP contribution in [0.3, 0.4) is 0 Å². The number of carbonyl (C=O) groups excluding carboxylic acids is 1. The highest BCUT2D eigenvalue weighted by atomic mass is 19.4. The van der Waals surface area contributed by atoms with E-state index >= 15 is 0 Å². The van der Waals surface area contributed by atoms with Crippen molar-refractivity contribution < 1.29 is 27.4 Å². The monoisotopic (exact) mass is 380 g/mol. The van der Waals surface area contributed by atoms with Gasteiger partial charge in [0, 0.05) is 17.7 Å². The van der Waals surface area contributed by atoms with Gasteiger partial charge in [0.05, 0.1) is 13.2 Å². The third kappa shape index (κ3) is 4.64. The van der Waals surface area contributed by atoms with Gasteiger partial charge in [-0.3, -0.25) is 0 Å². The number of ether oxygens (including phenoxy) is 2. The van der Waals surface area contributed by atoms with Crippen LogP contribution < -0.4 is 15.4 Å². The van der Waals surface area contributed by atoms with Gasteiger partial charge >= 0.3 is 12.3 Å². The molecular weight excluding hydrogens is 361 g/mol. The number of alkyl halides is 3. The SMILES string of the molecule is COc1ccc2c(c1)C(NC(=O)OCc1ccccc1)CC(C(F)(F)F)N2. The molecule has 2 unspecified atom stereocenters. The summed E-state index contributed by atoms with van der Waals surface area (Å²) in [5.41, 5.74) is 1.61. The van der Waals surface area contributed by atoms with Gasteiger partial charge < -0.3 is 20.1 Å². The largest absolute Gasteiger partial charge is 0.497 e. The summed E-state index contributed by atoms with van der Waals surface area (Å²) in [5, 5.41) is 5.02. The summed E-state index contributed by atoms with van der Waals surface area (Å²) < 4.78 is 50.0. The van der Waals surface area contributed by atoms with E-state index in [9.17, 15) is 18.0 Å². The first-order valence-electron chi connectivity index (χ1n) is 8.35. The number of methoxy groups -OCH3 is 1. The normalized spacial score (nSPS) is 18.8. The number of nitrogens with one attached hydrogen (secondary N) is 2. The molecule has 0 bridgehead atoms. The molecule has 2 N–H and O–H groups in total. The first kappa shape index (κ1) is 18.9.